The number of morpholine rings is 1. The van der Waals surface area contributed by atoms with Crippen molar-refractivity contribution in [3.05, 3.63) is 11.7 Å². The molecule has 0 spiro atoms. The summed E-state index contributed by atoms with van der Waals surface area (Å²) in [5.74, 6) is 1.72. The van der Waals surface area contributed by atoms with Crippen LogP contribution in [0.15, 0.2) is 4.52 Å². The fraction of sp³-hybridized carbons (Fsp3) is 0.833. The number of piperidine rings is 1. The monoisotopic (exact) mass is 363 g/mol. The lowest BCUT2D eigenvalue weighted by Gasteiger charge is -2.49. The molecule has 3 aliphatic rings. The van der Waals surface area contributed by atoms with Crippen molar-refractivity contribution in [2.75, 3.05) is 39.4 Å². The largest absolute Gasteiger partial charge is 0.379 e. The highest BCUT2D eigenvalue weighted by Crippen LogP contribution is 2.38. The number of carbonyl (C=O) groups is 1. The van der Waals surface area contributed by atoms with Gasteiger partial charge in [-0.1, -0.05) is 12.1 Å². The maximum absolute atomic E-state index is 12.5. The Balaban J connectivity index is 1.26. The van der Waals surface area contributed by atoms with Crippen molar-refractivity contribution in [3.63, 3.8) is 0 Å². The van der Waals surface area contributed by atoms with Crippen molar-refractivity contribution in [1.29, 1.82) is 0 Å². The van der Waals surface area contributed by atoms with Crippen LogP contribution in [0.2, 0.25) is 0 Å². The molecular weight excluding hydrogens is 334 g/mol. The lowest BCUT2D eigenvalue weighted by molar-refractivity contribution is -0.0453. The Morgan fingerprint density at radius 1 is 1.23 bits per heavy atom. The van der Waals surface area contributed by atoms with E-state index in [-0.39, 0.29) is 11.6 Å². The molecule has 8 nitrogen and oxygen atoms in total. The molecule has 2 amide bonds. The van der Waals surface area contributed by atoms with Crippen molar-refractivity contribution in [2.45, 2.75) is 57.0 Å². The third-order valence-electron chi connectivity index (χ3n) is 6.13. The van der Waals surface area contributed by atoms with Gasteiger partial charge in [0.2, 0.25) is 5.89 Å². The first-order valence-corrected chi connectivity index (χ1v) is 9.88. The van der Waals surface area contributed by atoms with Crippen LogP contribution < -0.4 is 5.32 Å². The molecule has 2 saturated heterocycles. The van der Waals surface area contributed by atoms with Crippen molar-refractivity contribution >= 4 is 6.03 Å². The smallest absolute Gasteiger partial charge is 0.317 e. The van der Waals surface area contributed by atoms with Gasteiger partial charge in [0, 0.05) is 37.6 Å². The molecule has 1 aliphatic carbocycles. The summed E-state index contributed by atoms with van der Waals surface area (Å²) in [5.41, 5.74) is 0.216. The first-order chi connectivity index (χ1) is 12.7. The van der Waals surface area contributed by atoms with Gasteiger partial charge < -0.3 is 19.5 Å². The molecule has 0 radical (unpaired) electrons. The predicted molar refractivity (Wildman–Crippen MR) is 94.7 cm³/mol. The Morgan fingerprint density at radius 2 is 1.96 bits per heavy atom. The van der Waals surface area contributed by atoms with Gasteiger partial charge in [0.05, 0.1) is 19.8 Å². The summed E-state index contributed by atoms with van der Waals surface area (Å²) in [4.78, 5) is 21.3. The zero-order valence-corrected chi connectivity index (χ0v) is 15.6. The molecule has 0 aromatic carbocycles. The van der Waals surface area contributed by atoms with Crippen LogP contribution in [0.1, 0.15) is 56.7 Å². The summed E-state index contributed by atoms with van der Waals surface area (Å²) in [6, 6.07) is -0.0329. The molecule has 144 valence electrons. The summed E-state index contributed by atoms with van der Waals surface area (Å²) in [5, 5.41) is 6.89. The fourth-order valence-corrected chi connectivity index (χ4v) is 4.16. The average molecular weight is 363 g/mol. The lowest BCUT2D eigenvalue weighted by Crippen LogP contribution is -2.59. The summed E-state index contributed by atoms with van der Waals surface area (Å²) < 4.78 is 10.7. The topological polar surface area (TPSA) is 83.7 Å². The van der Waals surface area contributed by atoms with Gasteiger partial charge in [-0.05, 0) is 32.1 Å². The number of carbonyl (C=O) groups excluding carboxylic acids is 1. The van der Waals surface area contributed by atoms with Gasteiger partial charge in [-0.3, -0.25) is 4.90 Å². The van der Waals surface area contributed by atoms with Crippen LogP contribution in [0, 0.1) is 0 Å². The number of aromatic nitrogens is 2. The molecular formula is C18H29N5O3. The number of ether oxygens (including phenoxy) is 1. The van der Waals surface area contributed by atoms with E-state index >= 15 is 0 Å². The minimum absolute atomic E-state index is 0.0329. The maximum Gasteiger partial charge on any atom is 0.317 e. The van der Waals surface area contributed by atoms with Crippen LogP contribution in [0.5, 0.6) is 0 Å². The molecule has 1 N–H and O–H groups in total. The maximum atomic E-state index is 12.5. The predicted octanol–water partition coefficient (Wildman–Crippen LogP) is 1.73. The first kappa shape index (κ1) is 17.7. The molecule has 3 heterocycles. The third kappa shape index (κ3) is 3.71. The van der Waals surface area contributed by atoms with Crippen molar-refractivity contribution in [1.82, 2.24) is 25.3 Å². The Bertz CT molecular complexity index is 616. The Morgan fingerprint density at radius 3 is 2.62 bits per heavy atom. The highest BCUT2D eigenvalue weighted by molar-refractivity contribution is 5.74. The standard InChI is InChI=1S/C18H29N5O3/c1-2-18(23-9-11-25-12-10-23)5-7-22(8-6-18)17(24)19-13-15-20-16(26-21-15)14-3-4-14/h14H,2-13H2,1H3,(H,19,24). The number of hydrogen-bond donors (Lipinski definition) is 1. The van der Waals surface area contributed by atoms with Gasteiger partial charge in [0.25, 0.3) is 0 Å². The van der Waals surface area contributed by atoms with E-state index in [1.807, 2.05) is 4.90 Å². The molecule has 1 aromatic heterocycles. The van der Waals surface area contributed by atoms with Gasteiger partial charge in [0.15, 0.2) is 5.82 Å². The quantitative estimate of drug-likeness (QED) is 0.858. The molecule has 4 rings (SSSR count). The fourth-order valence-electron chi connectivity index (χ4n) is 4.16. The third-order valence-corrected chi connectivity index (χ3v) is 6.13. The van der Waals surface area contributed by atoms with Gasteiger partial charge in [-0.25, -0.2) is 4.79 Å². The number of nitrogens with one attached hydrogen (secondary N) is 1. The van der Waals surface area contributed by atoms with E-state index < -0.39 is 0 Å². The van der Waals surface area contributed by atoms with Crippen molar-refractivity contribution < 1.29 is 14.1 Å². The number of rotatable bonds is 5. The summed E-state index contributed by atoms with van der Waals surface area (Å²) >= 11 is 0. The summed E-state index contributed by atoms with van der Waals surface area (Å²) in [6.07, 6.45) is 5.42. The second-order valence-electron chi connectivity index (χ2n) is 7.65. The molecule has 1 saturated carbocycles. The van der Waals surface area contributed by atoms with Crippen LogP contribution in [0.4, 0.5) is 4.79 Å². The Labute approximate surface area is 154 Å². The molecule has 8 heteroatoms. The first-order valence-electron chi connectivity index (χ1n) is 9.88. The van der Waals surface area contributed by atoms with E-state index in [2.05, 4.69) is 27.3 Å². The Hall–Kier alpha value is -1.67. The summed E-state index contributed by atoms with van der Waals surface area (Å²) in [7, 11) is 0. The Kier molecular flexibility index (Phi) is 5.13. The van der Waals surface area contributed by atoms with Crippen molar-refractivity contribution in [2.24, 2.45) is 0 Å². The van der Waals surface area contributed by atoms with E-state index in [1.54, 1.807) is 0 Å². The second kappa shape index (κ2) is 7.52. The van der Waals surface area contributed by atoms with Crippen LogP contribution in [0.3, 0.4) is 0 Å². The molecule has 0 bridgehead atoms. The van der Waals surface area contributed by atoms with Gasteiger partial charge in [0.1, 0.15) is 0 Å². The molecule has 3 fully saturated rings. The van der Waals surface area contributed by atoms with E-state index in [9.17, 15) is 4.79 Å². The second-order valence-corrected chi connectivity index (χ2v) is 7.65. The highest BCUT2D eigenvalue weighted by Gasteiger charge is 2.39. The van der Waals surface area contributed by atoms with Crippen LogP contribution in [-0.4, -0.2) is 70.9 Å². The number of nitrogens with zero attached hydrogens (tertiary/aromatic N) is 4. The molecule has 0 atom stereocenters. The zero-order valence-electron chi connectivity index (χ0n) is 15.6. The normalized spacial score (nSPS) is 23.8. The number of likely N-dealkylation sites (tertiary alicyclic amines) is 1. The molecule has 1 aromatic rings. The lowest BCUT2D eigenvalue weighted by atomic mass is 9.83. The average Bonchev–Trinajstić information content (AvgIpc) is 3.45. The van der Waals surface area contributed by atoms with E-state index in [0.717, 1.165) is 71.5 Å². The van der Waals surface area contributed by atoms with Gasteiger partial charge in [-0.15, -0.1) is 0 Å². The van der Waals surface area contributed by atoms with Crippen molar-refractivity contribution in [3.8, 4) is 0 Å². The molecule has 2 aliphatic heterocycles. The molecule has 26 heavy (non-hydrogen) atoms. The van der Waals surface area contributed by atoms with Crippen LogP contribution >= 0.6 is 0 Å². The number of hydrogen-bond acceptors (Lipinski definition) is 6. The van der Waals surface area contributed by atoms with Gasteiger partial charge >= 0.3 is 6.03 Å². The van der Waals surface area contributed by atoms with E-state index in [1.165, 1.54) is 0 Å². The minimum atomic E-state index is -0.0329. The van der Waals surface area contributed by atoms with E-state index in [0.29, 0.717) is 24.2 Å². The molecule has 0 unspecified atom stereocenters. The zero-order chi connectivity index (χ0) is 18.0. The number of urea groups is 1. The van der Waals surface area contributed by atoms with Crippen LogP contribution in [0.25, 0.3) is 0 Å². The highest BCUT2D eigenvalue weighted by atomic mass is 16.5. The minimum Gasteiger partial charge on any atom is -0.379 e. The summed E-state index contributed by atoms with van der Waals surface area (Å²) in [6.45, 7) is 7.81. The van der Waals surface area contributed by atoms with Crippen LogP contribution in [-0.2, 0) is 11.3 Å². The SMILES string of the molecule is CCC1(N2CCOCC2)CCN(C(=O)NCc2noc(C3CC3)n2)CC1. The van der Waals surface area contributed by atoms with Gasteiger partial charge in [-0.2, -0.15) is 4.98 Å². The number of amides is 2. The van der Waals surface area contributed by atoms with E-state index in [4.69, 9.17) is 9.26 Å².